The molecule has 1 fully saturated rings. The number of hydrogen-bond donors (Lipinski definition) is 3. The van der Waals surface area contributed by atoms with E-state index in [0.29, 0.717) is 27.0 Å². The molecular formula is C17H16BrN5O3. The number of aromatic amines is 1. The molecule has 1 aliphatic carbocycles. The van der Waals surface area contributed by atoms with Crippen LogP contribution in [0.4, 0.5) is 4.79 Å². The molecule has 0 aliphatic heterocycles. The zero-order valence-corrected chi connectivity index (χ0v) is 15.4. The molecule has 0 bridgehead atoms. The first kappa shape index (κ1) is 16.8. The Balaban J connectivity index is 2.06. The van der Waals surface area contributed by atoms with Gasteiger partial charge >= 0.3 is 6.09 Å². The lowest BCUT2D eigenvalue weighted by Crippen LogP contribution is -2.35. The number of aromatic nitrogens is 4. The number of aryl methyl sites for hydroxylation is 1. The Hall–Kier alpha value is -2.68. The highest BCUT2D eigenvalue weighted by Crippen LogP contribution is 2.41. The fraction of sp³-hybridized carbons (Fsp3) is 0.294. The summed E-state index contributed by atoms with van der Waals surface area (Å²) in [6.45, 7) is 1.83. The Kier molecular flexibility index (Phi) is 4.03. The van der Waals surface area contributed by atoms with Crippen molar-refractivity contribution in [2.45, 2.75) is 25.8 Å². The first-order chi connectivity index (χ1) is 12.5. The summed E-state index contributed by atoms with van der Waals surface area (Å²) in [5.74, 6) is 0.983. The molecule has 1 atom stereocenters. The van der Waals surface area contributed by atoms with Crippen molar-refractivity contribution in [1.82, 2.24) is 25.1 Å². The number of nitrogens with one attached hydrogen (secondary N) is 2. The summed E-state index contributed by atoms with van der Waals surface area (Å²) in [4.78, 5) is 29.3. The van der Waals surface area contributed by atoms with Gasteiger partial charge in [-0.15, -0.1) is 0 Å². The van der Waals surface area contributed by atoms with E-state index in [0.717, 1.165) is 18.4 Å². The summed E-state index contributed by atoms with van der Waals surface area (Å²) >= 11 is 3.44. The standard InChI is InChI=1S/C17H16BrN5O3/c1-8-7-19-22-14(8)23-15(12(9-5-6-9)21-17(25)26)20-13-10(16(23)24)3-2-4-11(13)18/h2-4,7,9,12,21H,5-6H2,1H3,(H,19,22)(H,25,26). The van der Waals surface area contributed by atoms with Crippen LogP contribution in [0.25, 0.3) is 16.7 Å². The summed E-state index contributed by atoms with van der Waals surface area (Å²) in [5, 5.41) is 19.1. The van der Waals surface area contributed by atoms with E-state index in [2.05, 4.69) is 36.4 Å². The second-order valence-corrected chi connectivity index (χ2v) is 7.27. The lowest BCUT2D eigenvalue weighted by atomic mass is 10.1. The summed E-state index contributed by atoms with van der Waals surface area (Å²) in [6.07, 6.45) is 2.25. The molecule has 1 amide bonds. The van der Waals surface area contributed by atoms with Crippen molar-refractivity contribution in [3.8, 4) is 5.82 Å². The average molecular weight is 418 g/mol. The first-order valence-electron chi connectivity index (χ1n) is 8.18. The third-order valence-electron chi connectivity index (χ3n) is 4.55. The number of rotatable bonds is 4. The lowest BCUT2D eigenvalue weighted by molar-refractivity contribution is 0.187. The van der Waals surface area contributed by atoms with Gasteiger partial charge in [0.2, 0.25) is 0 Å². The van der Waals surface area contributed by atoms with E-state index in [9.17, 15) is 14.7 Å². The van der Waals surface area contributed by atoms with Crippen molar-refractivity contribution in [3.05, 3.63) is 50.6 Å². The molecule has 1 aliphatic rings. The van der Waals surface area contributed by atoms with Gasteiger partial charge in [0, 0.05) is 10.0 Å². The van der Waals surface area contributed by atoms with Gasteiger partial charge in [0.25, 0.3) is 5.56 Å². The molecule has 8 nitrogen and oxygen atoms in total. The highest BCUT2D eigenvalue weighted by atomic mass is 79.9. The molecule has 1 unspecified atom stereocenters. The maximum Gasteiger partial charge on any atom is 0.405 e. The molecule has 0 radical (unpaired) electrons. The number of para-hydroxylation sites is 1. The van der Waals surface area contributed by atoms with E-state index in [1.54, 1.807) is 24.4 Å². The van der Waals surface area contributed by atoms with Crippen molar-refractivity contribution in [2.24, 2.45) is 5.92 Å². The zero-order chi connectivity index (χ0) is 18.4. The molecule has 2 aromatic heterocycles. The minimum Gasteiger partial charge on any atom is -0.465 e. The van der Waals surface area contributed by atoms with Gasteiger partial charge in [-0.25, -0.2) is 14.3 Å². The highest BCUT2D eigenvalue weighted by molar-refractivity contribution is 9.10. The number of H-pyrrole nitrogens is 1. The number of carbonyl (C=O) groups is 1. The first-order valence-corrected chi connectivity index (χ1v) is 8.97. The maximum atomic E-state index is 13.3. The van der Waals surface area contributed by atoms with Crippen molar-refractivity contribution in [3.63, 3.8) is 0 Å². The molecule has 1 saturated carbocycles. The van der Waals surface area contributed by atoms with E-state index in [-0.39, 0.29) is 11.5 Å². The van der Waals surface area contributed by atoms with Crippen LogP contribution in [0.3, 0.4) is 0 Å². The van der Waals surface area contributed by atoms with Crippen LogP contribution in [-0.4, -0.2) is 30.9 Å². The number of carboxylic acid groups (broad SMARTS) is 1. The fourth-order valence-corrected chi connectivity index (χ4v) is 3.59. The monoisotopic (exact) mass is 417 g/mol. The Bertz CT molecular complexity index is 1070. The maximum absolute atomic E-state index is 13.3. The van der Waals surface area contributed by atoms with Crippen LogP contribution in [0, 0.1) is 12.8 Å². The van der Waals surface area contributed by atoms with Crippen molar-refractivity contribution < 1.29 is 9.90 Å². The predicted octanol–water partition coefficient (Wildman–Crippen LogP) is 2.90. The molecule has 26 heavy (non-hydrogen) atoms. The Labute approximate surface area is 156 Å². The van der Waals surface area contributed by atoms with Gasteiger partial charge in [-0.2, -0.15) is 5.10 Å². The number of nitrogens with zero attached hydrogens (tertiary/aromatic N) is 3. The highest BCUT2D eigenvalue weighted by Gasteiger charge is 2.37. The summed E-state index contributed by atoms with van der Waals surface area (Å²) in [6, 6.07) is 4.71. The van der Waals surface area contributed by atoms with Crippen LogP contribution in [0.2, 0.25) is 0 Å². The Morgan fingerprint density at radius 3 is 2.85 bits per heavy atom. The minimum absolute atomic E-state index is 0.118. The van der Waals surface area contributed by atoms with E-state index in [1.807, 2.05) is 6.92 Å². The van der Waals surface area contributed by atoms with Crippen molar-refractivity contribution in [1.29, 1.82) is 0 Å². The van der Waals surface area contributed by atoms with Gasteiger partial charge in [0.05, 0.1) is 23.1 Å². The molecule has 3 N–H and O–H groups in total. The van der Waals surface area contributed by atoms with Gasteiger partial charge in [-0.1, -0.05) is 6.07 Å². The Morgan fingerprint density at radius 2 is 2.23 bits per heavy atom. The molecular weight excluding hydrogens is 402 g/mol. The van der Waals surface area contributed by atoms with Crippen LogP contribution in [0.1, 0.15) is 30.3 Å². The summed E-state index contributed by atoms with van der Waals surface area (Å²) in [7, 11) is 0. The number of halogens is 1. The van der Waals surface area contributed by atoms with Crippen LogP contribution < -0.4 is 10.9 Å². The average Bonchev–Trinajstić information content (AvgIpc) is 3.35. The second-order valence-electron chi connectivity index (χ2n) is 6.41. The van der Waals surface area contributed by atoms with E-state index < -0.39 is 12.1 Å². The van der Waals surface area contributed by atoms with E-state index in [4.69, 9.17) is 0 Å². The molecule has 134 valence electrons. The third kappa shape index (κ3) is 2.78. The molecule has 4 rings (SSSR count). The number of fused-ring (bicyclic) bond motifs is 1. The molecule has 9 heteroatoms. The summed E-state index contributed by atoms with van der Waals surface area (Å²) < 4.78 is 2.13. The van der Waals surface area contributed by atoms with Gasteiger partial charge in [-0.3, -0.25) is 9.89 Å². The predicted molar refractivity (Wildman–Crippen MR) is 98.5 cm³/mol. The van der Waals surface area contributed by atoms with Gasteiger partial charge in [0.1, 0.15) is 11.6 Å². The van der Waals surface area contributed by atoms with E-state index >= 15 is 0 Å². The number of hydrogen-bond acceptors (Lipinski definition) is 4. The quantitative estimate of drug-likeness (QED) is 0.603. The van der Waals surface area contributed by atoms with Gasteiger partial charge in [0.15, 0.2) is 0 Å². The Morgan fingerprint density at radius 1 is 1.46 bits per heavy atom. The molecule has 0 saturated heterocycles. The van der Waals surface area contributed by atoms with Crippen LogP contribution in [0.5, 0.6) is 0 Å². The SMILES string of the molecule is Cc1cn[nH]c1-n1c(C(NC(=O)O)C2CC2)nc2c(Br)cccc2c1=O. The third-order valence-corrected chi connectivity index (χ3v) is 5.19. The molecule has 0 spiro atoms. The van der Waals surface area contributed by atoms with Crippen LogP contribution in [0.15, 0.2) is 33.7 Å². The second kappa shape index (κ2) is 6.24. The minimum atomic E-state index is -1.14. The summed E-state index contributed by atoms with van der Waals surface area (Å²) in [5.41, 5.74) is 1.02. The topological polar surface area (TPSA) is 113 Å². The number of amides is 1. The van der Waals surface area contributed by atoms with Gasteiger partial charge < -0.3 is 10.4 Å². The smallest absolute Gasteiger partial charge is 0.405 e. The lowest BCUT2D eigenvalue weighted by Gasteiger charge is -2.21. The molecule has 3 aromatic rings. The van der Waals surface area contributed by atoms with Crippen LogP contribution in [-0.2, 0) is 0 Å². The zero-order valence-electron chi connectivity index (χ0n) is 13.9. The molecule has 2 heterocycles. The van der Waals surface area contributed by atoms with Crippen molar-refractivity contribution >= 4 is 32.9 Å². The molecule has 1 aromatic carbocycles. The number of benzene rings is 1. The largest absolute Gasteiger partial charge is 0.465 e. The van der Waals surface area contributed by atoms with E-state index in [1.165, 1.54) is 4.57 Å². The van der Waals surface area contributed by atoms with Gasteiger partial charge in [-0.05, 0) is 53.7 Å². The van der Waals surface area contributed by atoms with Crippen molar-refractivity contribution in [2.75, 3.05) is 0 Å². The fourth-order valence-electron chi connectivity index (χ4n) is 3.14. The van der Waals surface area contributed by atoms with Crippen LogP contribution >= 0.6 is 15.9 Å². The normalized spacial score (nSPS) is 15.2.